The van der Waals surface area contributed by atoms with Gasteiger partial charge in [0.2, 0.25) is 11.7 Å². The quantitative estimate of drug-likeness (QED) is 0.583. The van der Waals surface area contributed by atoms with Gasteiger partial charge in [0, 0.05) is 31.7 Å². The molecule has 8 nitrogen and oxygen atoms in total. The Morgan fingerprint density at radius 2 is 2.00 bits per heavy atom. The molecule has 0 spiro atoms. The number of rotatable bonds is 7. The van der Waals surface area contributed by atoms with Crippen molar-refractivity contribution in [1.29, 1.82) is 0 Å². The van der Waals surface area contributed by atoms with Crippen molar-refractivity contribution < 1.29 is 9.53 Å². The van der Waals surface area contributed by atoms with Crippen LogP contribution < -0.4 is 5.32 Å². The van der Waals surface area contributed by atoms with E-state index in [9.17, 15) is 4.79 Å². The lowest BCUT2D eigenvalue weighted by atomic mass is 10.2. The number of tetrazole rings is 1. The number of nitrogens with one attached hydrogen (secondary N) is 1. The van der Waals surface area contributed by atoms with Gasteiger partial charge in [-0.1, -0.05) is 59.6 Å². The maximum absolute atomic E-state index is 12.3. The molecule has 162 valence electrons. The lowest BCUT2D eigenvalue weighted by Crippen LogP contribution is -2.47. The lowest BCUT2D eigenvalue weighted by Gasteiger charge is -2.33. The molecule has 31 heavy (non-hydrogen) atoms. The Bertz CT molecular complexity index is 1030. The van der Waals surface area contributed by atoms with Crippen molar-refractivity contribution in [3.63, 3.8) is 0 Å². The third kappa shape index (κ3) is 6.01. The van der Waals surface area contributed by atoms with Crippen LogP contribution in [0.3, 0.4) is 0 Å². The molecule has 0 radical (unpaired) electrons. The highest BCUT2D eigenvalue weighted by molar-refractivity contribution is 6.42. The molecule has 1 N–H and O–H groups in total. The summed E-state index contributed by atoms with van der Waals surface area (Å²) in [6.45, 7) is 3.29. The molecule has 2 heterocycles. The first-order chi connectivity index (χ1) is 15.1. The summed E-state index contributed by atoms with van der Waals surface area (Å²) in [6, 6.07) is 15.2. The van der Waals surface area contributed by atoms with Gasteiger partial charge >= 0.3 is 0 Å². The first-order valence-corrected chi connectivity index (χ1v) is 10.7. The molecule has 1 unspecified atom stereocenters. The highest BCUT2D eigenvalue weighted by Crippen LogP contribution is 2.23. The molecule has 10 heteroatoms. The van der Waals surface area contributed by atoms with Crippen molar-refractivity contribution in [1.82, 2.24) is 30.4 Å². The fourth-order valence-corrected chi connectivity index (χ4v) is 3.69. The Morgan fingerprint density at radius 1 is 1.16 bits per heavy atom. The molecule has 1 aliphatic rings. The third-order valence-electron chi connectivity index (χ3n) is 4.91. The molecule has 4 rings (SSSR count). The van der Waals surface area contributed by atoms with Gasteiger partial charge in [0.1, 0.15) is 6.54 Å². The number of carbonyl (C=O) groups is 1. The number of morpholine rings is 1. The summed E-state index contributed by atoms with van der Waals surface area (Å²) in [4.78, 5) is 15.9. The molecule has 1 aliphatic heterocycles. The maximum atomic E-state index is 12.3. The first kappa shape index (κ1) is 21.7. The van der Waals surface area contributed by atoms with Gasteiger partial charge in [-0.25, -0.2) is 0 Å². The maximum Gasteiger partial charge on any atom is 0.243 e. The topological polar surface area (TPSA) is 85.2 Å². The lowest BCUT2D eigenvalue weighted by molar-refractivity contribution is -0.123. The van der Waals surface area contributed by atoms with Crippen LogP contribution in [0.4, 0.5) is 0 Å². The zero-order chi connectivity index (χ0) is 21.6. The third-order valence-corrected chi connectivity index (χ3v) is 5.65. The van der Waals surface area contributed by atoms with Crippen LogP contribution in [0.15, 0.2) is 48.5 Å². The van der Waals surface area contributed by atoms with Gasteiger partial charge in [0.15, 0.2) is 0 Å². The molecule has 2 aromatic carbocycles. The summed E-state index contributed by atoms with van der Waals surface area (Å²) in [7, 11) is 0. The standard InChI is InChI=1S/C21H22Cl2N6O2/c22-18-7-6-15(10-19(18)23)12-28-8-9-31-17(13-28)11-24-20(30)14-29-26-21(25-27-29)16-4-2-1-3-5-16/h1-7,10,17H,8-9,11-14H2,(H,24,30). The Balaban J connectivity index is 1.24. The van der Waals surface area contributed by atoms with Crippen molar-refractivity contribution >= 4 is 29.1 Å². The summed E-state index contributed by atoms with van der Waals surface area (Å²) < 4.78 is 5.80. The van der Waals surface area contributed by atoms with Crippen LogP contribution in [-0.2, 0) is 22.6 Å². The van der Waals surface area contributed by atoms with Gasteiger partial charge in [-0.05, 0) is 22.9 Å². The van der Waals surface area contributed by atoms with E-state index in [1.807, 2.05) is 42.5 Å². The molecule has 1 atom stereocenters. The van der Waals surface area contributed by atoms with Crippen molar-refractivity contribution in [3.05, 3.63) is 64.1 Å². The number of ether oxygens (including phenoxy) is 1. The fourth-order valence-electron chi connectivity index (χ4n) is 3.37. The summed E-state index contributed by atoms with van der Waals surface area (Å²) in [5, 5.41) is 16.2. The number of carbonyl (C=O) groups excluding carboxylic acids is 1. The summed E-state index contributed by atoms with van der Waals surface area (Å²) in [6.07, 6.45) is -0.0935. The van der Waals surface area contributed by atoms with Gasteiger partial charge in [-0.15, -0.1) is 10.2 Å². The molecule has 1 aromatic heterocycles. The second kappa shape index (κ2) is 10.2. The second-order valence-corrected chi connectivity index (χ2v) is 8.10. The van der Waals surface area contributed by atoms with Crippen LogP contribution in [0, 0.1) is 0 Å². The average Bonchev–Trinajstić information content (AvgIpc) is 3.24. The number of nitrogens with zero attached hydrogens (tertiary/aromatic N) is 5. The molecule has 1 fully saturated rings. The van der Waals surface area contributed by atoms with E-state index < -0.39 is 0 Å². The number of benzene rings is 2. The summed E-state index contributed by atoms with van der Waals surface area (Å²) >= 11 is 12.1. The smallest absolute Gasteiger partial charge is 0.243 e. The first-order valence-electron chi connectivity index (χ1n) is 9.94. The minimum Gasteiger partial charge on any atom is -0.374 e. The number of halogens is 2. The van der Waals surface area contributed by atoms with Crippen molar-refractivity contribution in [3.8, 4) is 11.4 Å². The summed E-state index contributed by atoms with van der Waals surface area (Å²) in [5.41, 5.74) is 1.94. The zero-order valence-electron chi connectivity index (χ0n) is 16.7. The predicted molar refractivity (Wildman–Crippen MR) is 118 cm³/mol. The fraction of sp³-hybridized carbons (Fsp3) is 0.333. The number of hydrogen-bond acceptors (Lipinski definition) is 6. The van der Waals surface area contributed by atoms with Gasteiger partial charge in [-0.2, -0.15) is 4.80 Å². The summed E-state index contributed by atoms with van der Waals surface area (Å²) in [5.74, 6) is 0.296. The van der Waals surface area contributed by atoms with Crippen LogP contribution >= 0.6 is 23.2 Å². The highest BCUT2D eigenvalue weighted by atomic mass is 35.5. The molecular formula is C21H22Cl2N6O2. The van der Waals surface area contributed by atoms with Crippen molar-refractivity contribution in [2.24, 2.45) is 0 Å². The minimum atomic E-state index is -0.192. The largest absolute Gasteiger partial charge is 0.374 e. The second-order valence-electron chi connectivity index (χ2n) is 7.29. The van der Waals surface area contributed by atoms with E-state index >= 15 is 0 Å². The zero-order valence-corrected chi connectivity index (χ0v) is 18.3. The van der Waals surface area contributed by atoms with Gasteiger partial charge in [0.25, 0.3) is 0 Å². The molecule has 0 bridgehead atoms. The van der Waals surface area contributed by atoms with E-state index in [2.05, 4.69) is 25.6 Å². The normalized spacial score (nSPS) is 16.9. The molecule has 1 saturated heterocycles. The number of amides is 1. The van der Waals surface area contributed by atoms with E-state index in [-0.39, 0.29) is 18.6 Å². The van der Waals surface area contributed by atoms with Crippen LogP contribution in [0.25, 0.3) is 11.4 Å². The van der Waals surface area contributed by atoms with E-state index in [1.165, 1.54) is 4.80 Å². The molecule has 0 saturated carbocycles. The van der Waals surface area contributed by atoms with E-state index in [0.717, 1.165) is 24.2 Å². The molecule has 1 amide bonds. The van der Waals surface area contributed by atoms with Crippen LogP contribution in [0.1, 0.15) is 5.56 Å². The Morgan fingerprint density at radius 3 is 2.81 bits per heavy atom. The van der Waals surface area contributed by atoms with E-state index in [4.69, 9.17) is 27.9 Å². The SMILES string of the molecule is O=C(Cn1nnc(-c2ccccc2)n1)NCC1CN(Cc2ccc(Cl)c(Cl)c2)CCO1. The van der Waals surface area contributed by atoms with Crippen molar-refractivity contribution in [2.75, 3.05) is 26.2 Å². The average molecular weight is 461 g/mol. The minimum absolute atomic E-state index is 0.000455. The Labute approximate surface area is 190 Å². The molecule has 3 aromatic rings. The predicted octanol–water partition coefficient (Wildman–Crippen LogP) is 2.66. The van der Waals surface area contributed by atoms with E-state index in [0.29, 0.717) is 35.6 Å². The Hall–Kier alpha value is -2.52. The van der Waals surface area contributed by atoms with Gasteiger partial charge in [-0.3, -0.25) is 9.69 Å². The highest BCUT2D eigenvalue weighted by Gasteiger charge is 2.21. The van der Waals surface area contributed by atoms with Gasteiger partial charge < -0.3 is 10.1 Å². The molecular weight excluding hydrogens is 439 g/mol. The van der Waals surface area contributed by atoms with Gasteiger partial charge in [0.05, 0.1) is 22.8 Å². The Kier molecular flexibility index (Phi) is 7.14. The van der Waals surface area contributed by atoms with Crippen LogP contribution in [0.5, 0.6) is 0 Å². The van der Waals surface area contributed by atoms with E-state index in [1.54, 1.807) is 6.07 Å². The van der Waals surface area contributed by atoms with Crippen molar-refractivity contribution in [2.45, 2.75) is 19.2 Å². The monoisotopic (exact) mass is 460 g/mol. The van der Waals surface area contributed by atoms with Crippen LogP contribution in [-0.4, -0.2) is 63.4 Å². The number of aromatic nitrogens is 4. The van der Waals surface area contributed by atoms with Crippen LogP contribution in [0.2, 0.25) is 10.0 Å². The number of hydrogen-bond donors (Lipinski definition) is 1. The molecule has 0 aliphatic carbocycles.